The molecule has 6 nitrogen and oxygen atoms in total. The third-order valence-electron chi connectivity index (χ3n) is 4.54. The Morgan fingerprint density at radius 2 is 2.00 bits per heavy atom. The zero-order valence-electron chi connectivity index (χ0n) is 14.0. The van der Waals surface area contributed by atoms with E-state index in [1.54, 1.807) is 0 Å². The quantitative estimate of drug-likeness (QED) is 0.724. The summed E-state index contributed by atoms with van der Waals surface area (Å²) in [6.45, 7) is 7.23. The van der Waals surface area contributed by atoms with E-state index in [0.717, 1.165) is 36.7 Å². The lowest BCUT2D eigenvalue weighted by molar-refractivity contribution is -0.0532. The molecule has 1 aromatic carbocycles. The average Bonchev–Trinajstić information content (AvgIpc) is 3.21. The third kappa shape index (κ3) is 2.53. The first-order valence-corrected chi connectivity index (χ1v) is 8.27. The van der Waals surface area contributed by atoms with Gasteiger partial charge in [0.25, 0.3) is 0 Å². The highest BCUT2D eigenvalue weighted by Crippen LogP contribution is 2.38. The molecule has 1 saturated heterocycles. The van der Waals surface area contributed by atoms with Crippen LogP contribution in [0.15, 0.2) is 42.9 Å². The predicted octanol–water partition coefficient (Wildman–Crippen LogP) is 2.50. The number of benzene rings is 1. The van der Waals surface area contributed by atoms with Gasteiger partial charge < -0.3 is 9.30 Å². The Hall–Kier alpha value is -2.47. The summed E-state index contributed by atoms with van der Waals surface area (Å²) in [4.78, 5) is 4.71. The van der Waals surface area contributed by atoms with Gasteiger partial charge in [-0.05, 0) is 13.8 Å². The molecule has 0 spiro atoms. The standard InChI is InChI=1S/C18H21N5O/c1-3-23-10-15(20-21-23)9-22-13-19-16(14-7-5-4-6-8-14)17(22)18(2)11-24-12-18/h4-8,10,13H,3,9,11-12H2,1-2H3. The molecule has 0 amide bonds. The van der Waals surface area contributed by atoms with E-state index in [1.807, 2.05) is 35.4 Å². The number of imidazole rings is 1. The fourth-order valence-electron chi connectivity index (χ4n) is 3.23. The molecule has 0 radical (unpaired) electrons. The molecule has 0 unspecified atom stereocenters. The van der Waals surface area contributed by atoms with Crippen LogP contribution in [0.3, 0.4) is 0 Å². The second kappa shape index (κ2) is 5.87. The lowest BCUT2D eigenvalue weighted by Gasteiger charge is -2.39. The minimum absolute atomic E-state index is 0.0115. The van der Waals surface area contributed by atoms with Crippen molar-refractivity contribution < 1.29 is 4.74 Å². The molecule has 0 bridgehead atoms. The monoisotopic (exact) mass is 323 g/mol. The van der Waals surface area contributed by atoms with Crippen molar-refractivity contribution in [2.75, 3.05) is 13.2 Å². The molecule has 1 fully saturated rings. The topological polar surface area (TPSA) is 57.8 Å². The molecule has 1 aliphatic heterocycles. The molecule has 24 heavy (non-hydrogen) atoms. The van der Waals surface area contributed by atoms with Gasteiger partial charge in [-0.2, -0.15) is 0 Å². The zero-order chi connectivity index (χ0) is 16.6. The van der Waals surface area contributed by atoms with E-state index in [4.69, 9.17) is 9.72 Å². The first-order valence-electron chi connectivity index (χ1n) is 8.27. The Balaban J connectivity index is 1.75. The van der Waals surface area contributed by atoms with Crippen molar-refractivity contribution in [3.63, 3.8) is 0 Å². The number of rotatable bonds is 5. The maximum atomic E-state index is 5.51. The van der Waals surface area contributed by atoms with Crippen molar-refractivity contribution in [2.24, 2.45) is 0 Å². The van der Waals surface area contributed by atoms with Gasteiger partial charge >= 0.3 is 0 Å². The predicted molar refractivity (Wildman–Crippen MR) is 90.6 cm³/mol. The molecule has 0 saturated carbocycles. The van der Waals surface area contributed by atoms with Crippen molar-refractivity contribution in [3.05, 3.63) is 54.2 Å². The number of hydrogen-bond acceptors (Lipinski definition) is 4. The molecular formula is C18H21N5O. The SMILES string of the molecule is CCn1cc(Cn2cnc(-c3ccccc3)c2C2(C)COC2)nn1. The van der Waals surface area contributed by atoms with Gasteiger partial charge in [0.2, 0.25) is 0 Å². The fourth-order valence-corrected chi connectivity index (χ4v) is 3.23. The molecule has 4 rings (SSSR count). The first kappa shape index (κ1) is 15.1. The van der Waals surface area contributed by atoms with Gasteiger partial charge in [-0.3, -0.25) is 4.68 Å². The maximum Gasteiger partial charge on any atom is 0.102 e. The van der Waals surface area contributed by atoms with Crippen LogP contribution in [0.25, 0.3) is 11.3 Å². The lowest BCUT2D eigenvalue weighted by Crippen LogP contribution is -2.45. The van der Waals surface area contributed by atoms with Gasteiger partial charge in [-0.25, -0.2) is 4.98 Å². The Kier molecular flexibility index (Phi) is 3.69. The lowest BCUT2D eigenvalue weighted by atomic mass is 9.82. The molecule has 0 atom stereocenters. The first-order chi connectivity index (χ1) is 11.7. The largest absolute Gasteiger partial charge is 0.379 e. The normalized spacial score (nSPS) is 16.1. The summed E-state index contributed by atoms with van der Waals surface area (Å²) >= 11 is 0. The van der Waals surface area contributed by atoms with E-state index < -0.39 is 0 Å². The van der Waals surface area contributed by atoms with Gasteiger partial charge in [0.05, 0.1) is 49.1 Å². The van der Waals surface area contributed by atoms with Crippen LogP contribution in [0.5, 0.6) is 0 Å². The summed E-state index contributed by atoms with van der Waals surface area (Å²) < 4.78 is 9.54. The van der Waals surface area contributed by atoms with Crippen LogP contribution in [0.4, 0.5) is 0 Å². The van der Waals surface area contributed by atoms with Crippen molar-refractivity contribution in [1.82, 2.24) is 24.5 Å². The molecule has 0 N–H and O–H groups in total. The van der Waals surface area contributed by atoms with Crippen molar-refractivity contribution in [3.8, 4) is 11.3 Å². The fraction of sp³-hybridized carbons (Fsp3) is 0.389. The van der Waals surface area contributed by atoms with E-state index >= 15 is 0 Å². The molecule has 3 aromatic rings. The average molecular weight is 323 g/mol. The summed E-state index contributed by atoms with van der Waals surface area (Å²) in [5.74, 6) is 0. The molecule has 124 valence electrons. The number of nitrogens with zero attached hydrogens (tertiary/aromatic N) is 5. The van der Waals surface area contributed by atoms with Crippen LogP contribution in [0.2, 0.25) is 0 Å². The Bertz CT molecular complexity index is 832. The minimum Gasteiger partial charge on any atom is -0.379 e. The van der Waals surface area contributed by atoms with Crippen molar-refractivity contribution in [2.45, 2.75) is 32.4 Å². The summed E-state index contributed by atoms with van der Waals surface area (Å²) in [5.41, 5.74) is 4.31. The molecule has 1 aliphatic rings. The minimum atomic E-state index is -0.0115. The smallest absolute Gasteiger partial charge is 0.102 e. The molecular weight excluding hydrogens is 302 g/mol. The Morgan fingerprint density at radius 1 is 1.21 bits per heavy atom. The zero-order valence-corrected chi connectivity index (χ0v) is 14.0. The van der Waals surface area contributed by atoms with Crippen LogP contribution < -0.4 is 0 Å². The van der Waals surface area contributed by atoms with E-state index in [2.05, 4.69) is 40.9 Å². The van der Waals surface area contributed by atoms with Gasteiger partial charge in [0.15, 0.2) is 0 Å². The maximum absolute atomic E-state index is 5.51. The van der Waals surface area contributed by atoms with E-state index in [9.17, 15) is 0 Å². The second-order valence-corrected chi connectivity index (χ2v) is 6.55. The van der Waals surface area contributed by atoms with Gasteiger partial charge in [0.1, 0.15) is 5.69 Å². The number of hydrogen-bond donors (Lipinski definition) is 0. The highest BCUT2D eigenvalue weighted by atomic mass is 16.5. The van der Waals surface area contributed by atoms with E-state index in [-0.39, 0.29) is 5.41 Å². The Labute approximate surface area is 141 Å². The summed E-state index contributed by atoms with van der Waals surface area (Å²) in [6, 6.07) is 10.3. The van der Waals surface area contributed by atoms with E-state index in [0.29, 0.717) is 6.54 Å². The van der Waals surface area contributed by atoms with Crippen LogP contribution in [0, 0.1) is 0 Å². The van der Waals surface area contributed by atoms with Crippen molar-refractivity contribution >= 4 is 0 Å². The summed E-state index contributed by atoms with van der Waals surface area (Å²) in [5, 5.41) is 8.39. The summed E-state index contributed by atoms with van der Waals surface area (Å²) in [7, 11) is 0. The number of aryl methyl sites for hydroxylation is 1. The number of ether oxygens (including phenoxy) is 1. The highest BCUT2D eigenvalue weighted by Gasteiger charge is 2.40. The van der Waals surface area contributed by atoms with Crippen LogP contribution in [0.1, 0.15) is 25.2 Å². The van der Waals surface area contributed by atoms with Crippen LogP contribution in [-0.2, 0) is 23.2 Å². The molecule has 3 heterocycles. The van der Waals surface area contributed by atoms with Gasteiger partial charge in [-0.15, -0.1) is 5.10 Å². The van der Waals surface area contributed by atoms with Crippen molar-refractivity contribution in [1.29, 1.82) is 0 Å². The van der Waals surface area contributed by atoms with Gasteiger partial charge in [0, 0.05) is 12.1 Å². The highest BCUT2D eigenvalue weighted by molar-refractivity contribution is 5.63. The number of aromatic nitrogens is 5. The third-order valence-corrected chi connectivity index (χ3v) is 4.54. The molecule has 0 aliphatic carbocycles. The van der Waals surface area contributed by atoms with Crippen LogP contribution in [-0.4, -0.2) is 37.8 Å². The summed E-state index contributed by atoms with van der Waals surface area (Å²) in [6.07, 6.45) is 3.90. The molecule has 2 aromatic heterocycles. The second-order valence-electron chi connectivity index (χ2n) is 6.55. The van der Waals surface area contributed by atoms with E-state index in [1.165, 1.54) is 5.69 Å². The van der Waals surface area contributed by atoms with Crippen LogP contribution >= 0.6 is 0 Å². The Morgan fingerprint density at radius 3 is 2.62 bits per heavy atom. The molecule has 6 heteroatoms. The van der Waals surface area contributed by atoms with Gasteiger partial charge in [-0.1, -0.05) is 35.5 Å².